The summed E-state index contributed by atoms with van der Waals surface area (Å²) in [6.07, 6.45) is -0.404. The Bertz CT molecular complexity index is 1350. The Morgan fingerprint density at radius 3 is 2.38 bits per heavy atom. The number of amides is 4. The number of benzene rings is 3. The second kappa shape index (κ2) is 11.2. The lowest BCUT2D eigenvalue weighted by Gasteiger charge is -2.54. The number of hydrazine groups is 1. The van der Waals surface area contributed by atoms with Crippen LogP contribution in [0.3, 0.4) is 0 Å². The molecule has 9 heteroatoms. The van der Waals surface area contributed by atoms with Gasteiger partial charge in [0.2, 0.25) is 11.8 Å². The van der Waals surface area contributed by atoms with Crippen molar-refractivity contribution in [2.45, 2.75) is 38.6 Å². The molecule has 2 saturated heterocycles. The number of carbonyl (C=O) groups excluding carboxylic acids is 3. The van der Waals surface area contributed by atoms with Crippen LogP contribution in [-0.2, 0) is 29.1 Å². The number of nitrogens with one attached hydrogen (secondary N) is 1. The fraction of sp³-hybridized carbons (Fsp3) is 0.300. The summed E-state index contributed by atoms with van der Waals surface area (Å²) < 4.78 is 14.0. The Morgan fingerprint density at radius 1 is 0.949 bits per heavy atom. The van der Waals surface area contributed by atoms with Crippen molar-refractivity contribution in [1.82, 2.24) is 25.1 Å². The molecule has 0 radical (unpaired) electrons. The van der Waals surface area contributed by atoms with Gasteiger partial charge in [0.25, 0.3) is 0 Å². The van der Waals surface area contributed by atoms with Gasteiger partial charge < -0.3 is 15.1 Å². The second-order valence-electron chi connectivity index (χ2n) is 10.1. The zero-order valence-electron chi connectivity index (χ0n) is 22.1. The zero-order chi connectivity index (χ0) is 27.5. The van der Waals surface area contributed by atoms with E-state index in [1.165, 1.54) is 17.1 Å². The summed E-state index contributed by atoms with van der Waals surface area (Å²) in [5.41, 5.74) is 3.59. The zero-order valence-corrected chi connectivity index (χ0v) is 22.1. The molecule has 1 N–H and O–H groups in total. The number of halogens is 1. The fourth-order valence-electron chi connectivity index (χ4n) is 5.31. The molecule has 2 heterocycles. The molecule has 1 unspecified atom stereocenters. The van der Waals surface area contributed by atoms with Crippen LogP contribution in [0.2, 0.25) is 0 Å². The van der Waals surface area contributed by atoms with E-state index in [2.05, 4.69) is 5.32 Å². The van der Waals surface area contributed by atoms with E-state index < -0.39 is 12.2 Å². The minimum Gasteiger partial charge on any atom is -0.333 e. The highest BCUT2D eigenvalue weighted by molar-refractivity contribution is 5.91. The first kappa shape index (κ1) is 26.4. The number of hydrogen-bond acceptors (Lipinski definition) is 4. The van der Waals surface area contributed by atoms with E-state index >= 15 is 0 Å². The number of fused-ring (bicyclic) bond motifs is 1. The van der Waals surface area contributed by atoms with Crippen LogP contribution in [0.1, 0.15) is 22.3 Å². The third kappa shape index (κ3) is 5.78. The first-order valence-corrected chi connectivity index (χ1v) is 13.0. The monoisotopic (exact) mass is 529 g/mol. The van der Waals surface area contributed by atoms with Gasteiger partial charge >= 0.3 is 6.03 Å². The van der Waals surface area contributed by atoms with E-state index in [0.717, 1.165) is 16.7 Å². The van der Waals surface area contributed by atoms with E-state index in [1.807, 2.05) is 61.5 Å². The number of urea groups is 1. The predicted molar refractivity (Wildman–Crippen MR) is 144 cm³/mol. The van der Waals surface area contributed by atoms with Crippen LogP contribution in [0, 0.1) is 12.7 Å². The first-order valence-electron chi connectivity index (χ1n) is 13.0. The minimum atomic E-state index is -0.800. The third-order valence-corrected chi connectivity index (χ3v) is 7.25. The molecule has 3 aromatic rings. The largest absolute Gasteiger partial charge is 0.334 e. The van der Waals surface area contributed by atoms with Crippen LogP contribution in [0.5, 0.6) is 0 Å². The lowest BCUT2D eigenvalue weighted by Crippen LogP contribution is -2.76. The highest BCUT2D eigenvalue weighted by Crippen LogP contribution is 2.29. The van der Waals surface area contributed by atoms with Crippen LogP contribution in [0.15, 0.2) is 78.9 Å². The van der Waals surface area contributed by atoms with Gasteiger partial charge in [-0.3, -0.25) is 9.59 Å². The van der Waals surface area contributed by atoms with Crippen molar-refractivity contribution in [2.75, 3.05) is 20.1 Å². The molecule has 4 amide bonds. The molecule has 202 valence electrons. The second-order valence-corrected chi connectivity index (χ2v) is 10.1. The highest BCUT2D eigenvalue weighted by Gasteiger charge is 2.50. The van der Waals surface area contributed by atoms with Gasteiger partial charge in [0, 0.05) is 26.6 Å². The summed E-state index contributed by atoms with van der Waals surface area (Å²) in [4.78, 5) is 44.0. The molecule has 2 fully saturated rings. The van der Waals surface area contributed by atoms with Gasteiger partial charge in [0.1, 0.15) is 18.0 Å². The van der Waals surface area contributed by atoms with Gasteiger partial charge in [-0.25, -0.2) is 19.2 Å². The average Bonchev–Trinajstić information content (AvgIpc) is 2.91. The number of piperazine rings is 1. The first-order chi connectivity index (χ1) is 18.8. The molecular weight excluding hydrogens is 497 g/mol. The number of hydrogen-bond donors (Lipinski definition) is 1. The topological polar surface area (TPSA) is 76.2 Å². The number of carbonyl (C=O) groups is 3. The van der Waals surface area contributed by atoms with Crippen molar-refractivity contribution in [3.8, 4) is 0 Å². The number of aryl methyl sites for hydroxylation is 1. The fourth-order valence-corrected chi connectivity index (χ4v) is 5.31. The van der Waals surface area contributed by atoms with Gasteiger partial charge in [-0.1, -0.05) is 72.3 Å². The quantitative estimate of drug-likeness (QED) is 0.532. The summed E-state index contributed by atoms with van der Waals surface area (Å²) in [5.74, 6) is -0.826. The summed E-state index contributed by atoms with van der Waals surface area (Å²) in [7, 11) is 1.69. The SMILES string of the molecule is Cc1ccc(C[C@H]2C(=O)N(Cc3cccc(F)c3)CC3N2C(=O)CN(C)N3C(=O)NCc2ccccc2)cc1. The molecular formula is C30H32FN5O3. The lowest BCUT2D eigenvalue weighted by atomic mass is 9.98. The Morgan fingerprint density at radius 2 is 1.67 bits per heavy atom. The maximum absolute atomic E-state index is 14.0. The molecule has 0 spiro atoms. The molecule has 5 rings (SSSR count). The summed E-state index contributed by atoms with van der Waals surface area (Å²) >= 11 is 0. The minimum absolute atomic E-state index is 0.0309. The van der Waals surface area contributed by atoms with Crippen molar-refractivity contribution in [1.29, 1.82) is 0 Å². The third-order valence-electron chi connectivity index (χ3n) is 7.25. The average molecular weight is 530 g/mol. The smallest absolute Gasteiger partial charge is 0.333 e. The van der Waals surface area contributed by atoms with Crippen LogP contribution in [0.25, 0.3) is 0 Å². The van der Waals surface area contributed by atoms with E-state index in [4.69, 9.17) is 0 Å². The number of rotatable bonds is 6. The van der Waals surface area contributed by atoms with Crippen molar-refractivity contribution < 1.29 is 18.8 Å². The maximum atomic E-state index is 14.0. The van der Waals surface area contributed by atoms with Crippen LogP contribution >= 0.6 is 0 Å². The Hall–Kier alpha value is -4.24. The summed E-state index contributed by atoms with van der Waals surface area (Å²) in [6.45, 7) is 2.56. The molecule has 2 aliphatic heterocycles. The maximum Gasteiger partial charge on any atom is 0.334 e. The molecule has 8 nitrogen and oxygen atoms in total. The Labute approximate surface area is 227 Å². The Kier molecular flexibility index (Phi) is 7.60. The van der Waals surface area contributed by atoms with Gasteiger partial charge in [-0.2, -0.15) is 0 Å². The summed E-state index contributed by atoms with van der Waals surface area (Å²) in [5, 5.41) is 6.08. The standard InChI is InChI=1S/C30H32FN5O3/c1-21-11-13-22(14-12-21)16-26-29(38)34(18-24-9-6-10-25(31)15-24)19-27-35(26)28(37)20-33(2)36(27)30(39)32-17-23-7-4-3-5-8-23/h3-15,26-27H,16-20H2,1-2H3,(H,32,39)/t26-,27?/m0/s1. The molecule has 2 aliphatic rings. The van der Waals surface area contributed by atoms with Crippen LogP contribution in [-0.4, -0.2) is 70.0 Å². The van der Waals surface area contributed by atoms with Crippen LogP contribution in [0.4, 0.5) is 9.18 Å². The van der Waals surface area contributed by atoms with E-state index in [0.29, 0.717) is 18.5 Å². The van der Waals surface area contributed by atoms with Gasteiger partial charge in [-0.15, -0.1) is 0 Å². The van der Waals surface area contributed by atoms with Crippen molar-refractivity contribution >= 4 is 17.8 Å². The van der Waals surface area contributed by atoms with Crippen molar-refractivity contribution in [3.05, 3.63) is 107 Å². The van der Waals surface area contributed by atoms with E-state index in [1.54, 1.807) is 34.0 Å². The normalized spacial score (nSPS) is 19.7. The molecule has 3 aromatic carbocycles. The van der Waals surface area contributed by atoms with Gasteiger partial charge in [0.15, 0.2) is 0 Å². The highest BCUT2D eigenvalue weighted by atomic mass is 19.1. The van der Waals surface area contributed by atoms with Crippen molar-refractivity contribution in [2.24, 2.45) is 0 Å². The van der Waals surface area contributed by atoms with E-state index in [9.17, 15) is 18.8 Å². The predicted octanol–water partition coefficient (Wildman–Crippen LogP) is 3.31. The summed E-state index contributed by atoms with van der Waals surface area (Å²) in [6, 6.07) is 22.4. The van der Waals surface area contributed by atoms with Gasteiger partial charge in [-0.05, 0) is 35.7 Å². The number of likely N-dealkylation sites (N-methyl/N-ethyl adjacent to an activating group) is 1. The van der Waals surface area contributed by atoms with Crippen LogP contribution < -0.4 is 5.32 Å². The molecule has 2 atom stereocenters. The molecule has 0 saturated carbocycles. The Balaban J connectivity index is 1.46. The van der Waals surface area contributed by atoms with Gasteiger partial charge in [0.05, 0.1) is 13.1 Å². The molecule has 39 heavy (non-hydrogen) atoms. The van der Waals surface area contributed by atoms with Crippen molar-refractivity contribution in [3.63, 3.8) is 0 Å². The lowest BCUT2D eigenvalue weighted by molar-refractivity contribution is -0.187. The molecule has 0 bridgehead atoms. The van der Waals surface area contributed by atoms with E-state index in [-0.39, 0.29) is 43.3 Å². The molecule has 0 aliphatic carbocycles. The number of nitrogens with zero attached hydrogens (tertiary/aromatic N) is 4. The molecule has 0 aromatic heterocycles.